The van der Waals surface area contributed by atoms with Gasteiger partial charge in [-0.1, -0.05) is 0 Å². The van der Waals surface area contributed by atoms with Crippen molar-refractivity contribution in [2.75, 3.05) is 44.2 Å². The molecule has 0 N–H and O–H groups in total. The molecule has 31 heavy (non-hydrogen) atoms. The van der Waals surface area contributed by atoms with Crippen molar-refractivity contribution in [3.05, 3.63) is 18.1 Å². The number of piperidine rings is 1. The molecule has 0 aromatic carbocycles. The van der Waals surface area contributed by atoms with Crippen LogP contribution in [0.15, 0.2) is 12.4 Å². The molecular formula is C20H28F3N5O3. The summed E-state index contributed by atoms with van der Waals surface area (Å²) in [5.74, 6) is -0.140. The highest BCUT2D eigenvalue weighted by molar-refractivity contribution is 5.80. The Hall–Kier alpha value is -2.59. The maximum absolute atomic E-state index is 13.0. The van der Waals surface area contributed by atoms with Crippen LogP contribution < -0.4 is 4.90 Å². The summed E-state index contributed by atoms with van der Waals surface area (Å²) < 4.78 is 44.1. The summed E-state index contributed by atoms with van der Waals surface area (Å²) >= 11 is 0. The van der Waals surface area contributed by atoms with Crippen LogP contribution in [0, 0.1) is 5.92 Å². The number of alkyl halides is 3. The van der Waals surface area contributed by atoms with Crippen LogP contribution in [-0.2, 0) is 15.7 Å². The van der Waals surface area contributed by atoms with Gasteiger partial charge in [-0.05, 0) is 33.6 Å². The summed E-state index contributed by atoms with van der Waals surface area (Å²) in [7, 11) is 0. The van der Waals surface area contributed by atoms with Crippen LogP contribution in [0.3, 0.4) is 0 Å². The molecule has 3 heterocycles. The first kappa shape index (κ1) is 23.1. The monoisotopic (exact) mass is 443 g/mol. The number of halogens is 3. The van der Waals surface area contributed by atoms with Crippen molar-refractivity contribution >= 4 is 17.8 Å². The first-order valence-corrected chi connectivity index (χ1v) is 10.3. The molecule has 2 amide bonds. The fraction of sp³-hybridized carbons (Fsp3) is 0.700. The lowest BCUT2D eigenvalue weighted by atomic mass is 9.96. The zero-order chi connectivity index (χ0) is 22.8. The third-order valence-corrected chi connectivity index (χ3v) is 5.28. The topological polar surface area (TPSA) is 78.9 Å². The molecular weight excluding hydrogens is 415 g/mol. The van der Waals surface area contributed by atoms with E-state index in [4.69, 9.17) is 4.74 Å². The molecule has 0 radical (unpaired) electrons. The fourth-order valence-electron chi connectivity index (χ4n) is 3.76. The lowest BCUT2D eigenvalue weighted by Gasteiger charge is -2.39. The molecule has 0 unspecified atom stereocenters. The van der Waals surface area contributed by atoms with Gasteiger partial charge < -0.3 is 19.4 Å². The Balaban J connectivity index is 1.56. The van der Waals surface area contributed by atoms with Gasteiger partial charge in [0.05, 0.1) is 5.92 Å². The number of piperazine rings is 1. The van der Waals surface area contributed by atoms with Crippen LogP contribution in [0.5, 0.6) is 0 Å². The average Bonchev–Trinajstić information content (AvgIpc) is 2.72. The third-order valence-electron chi connectivity index (χ3n) is 5.28. The third kappa shape index (κ3) is 5.98. The number of ether oxygens (including phenoxy) is 1. The molecule has 3 rings (SSSR count). The van der Waals surface area contributed by atoms with Gasteiger partial charge in [-0.15, -0.1) is 0 Å². The number of hydrogen-bond donors (Lipinski definition) is 0. The number of carbonyl (C=O) groups is 2. The Morgan fingerprint density at radius 2 is 1.71 bits per heavy atom. The summed E-state index contributed by atoms with van der Waals surface area (Å²) in [6.45, 7) is 7.78. The van der Waals surface area contributed by atoms with Crippen molar-refractivity contribution < 1.29 is 27.5 Å². The molecule has 1 aromatic heterocycles. The van der Waals surface area contributed by atoms with Crippen LogP contribution in [0.1, 0.15) is 39.3 Å². The molecule has 8 nitrogen and oxygen atoms in total. The van der Waals surface area contributed by atoms with Crippen molar-refractivity contribution in [2.45, 2.75) is 45.4 Å². The Labute approximate surface area is 179 Å². The first-order chi connectivity index (χ1) is 14.4. The number of nitrogens with zero attached hydrogens (tertiary/aromatic N) is 5. The van der Waals surface area contributed by atoms with Crippen molar-refractivity contribution in [2.24, 2.45) is 5.92 Å². The fourth-order valence-corrected chi connectivity index (χ4v) is 3.76. The van der Waals surface area contributed by atoms with Gasteiger partial charge in [0.25, 0.3) is 0 Å². The summed E-state index contributed by atoms with van der Waals surface area (Å²) in [4.78, 5) is 37.6. The van der Waals surface area contributed by atoms with E-state index in [0.717, 1.165) is 18.8 Å². The maximum Gasteiger partial charge on any atom is 0.433 e. The van der Waals surface area contributed by atoms with Gasteiger partial charge in [-0.3, -0.25) is 4.79 Å². The van der Waals surface area contributed by atoms with Crippen LogP contribution >= 0.6 is 0 Å². The minimum Gasteiger partial charge on any atom is -0.444 e. The molecule has 0 bridgehead atoms. The second-order valence-corrected chi connectivity index (χ2v) is 8.84. The number of rotatable bonds is 2. The van der Waals surface area contributed by atoms with Crippen LogP contribution in [0.25, 0.3) is 0 Å². The Bertz CT molecular complexity index is 804. The summed E-state index contributed by atoms with van der Waals surface area (Å²) in [6, 6.07) is 0.928. The van der Waals surface area contributed by atoms with E-state index in [0.29, 0.717) is 45.7 Å². The highest BCUT2D eigenvalue weighted by Crippen LogP contribution is 2.29. The van der Waals surface area contributed by atoms with Crippen LogP contribution in [0.4, 0.5) is 23.8 Å². The van der Waals surface area contributed by atoms with Crippen molar-refractivity contribution in [1.82, 2.24) is 19.8 Å². The molecule has 0 spiro atoms. The molecule has 1 aromatic rings. The quantitative estimate of drug-likeness (QED) is 0.700. The molecule has 0 aliphatic carbocycles. The molecule has 172 valence electrons. The van der Waals surface area contributed by atoms with E-state index in [9.17, 15) is 22.8 Å². The Kier molecular flexibility index (Phi) is 6.61. The van der Waals surface area contributed by atoms with Crippen LogP contribution in [-0.4, -0.2) is 76.6 Å². The number of aromatic nitrogens is 2. The molecule has 2 saturated heterocycles. The van der Waals surface area contributed by atoms with E-state index in [1.165, 1.54) is 0 Å². The van der Waals surface area contributed by atoms with Crippen molar-refractivity contribution in [1.29, 1.82) is 0 Å². The van der Waals surface area contributed by atoms with Gasteiger partial charge in [0, 0.05) is 45.3 Å². The van der Waals surface area contributed by atoms with E-state index in [-0.39, 0.29) is 17.6 Å². The molecule has 0 saturated carbocycles. The lowest BCUT2D eigenvalue weighted by Crippen LogP contribution is -2.53. The normalized spacial score (nSPS) is 20.6. The molecule has 1 atom stereocenters. The maximum atomic E-state index is 13.0. The van der Waals surface area contributed by atoms with Gasteiger partial charge in [-0.2, -0.15) is 13.2 Å². The number of amides is 2. The standard InChI is InChI=1S/C20H28F3N5O3/c1-19(2,3)31-18(30)28-6-4-5-14(12-28)17(29)27-9-7-26(8-10-27)16-11-15(20(21,22)23)24-13-25-16/h11,13-14H,4-10,12H2,1-3H3/t14-/m0/s1. The molecule has 11 heteroatoms. The average molecular weight is 443 g/mol. The first-order valence-electron chi connectivity index (χ1n) is 10.3. The van der Waals surface area contributed by atoms with Crippen molar-refractivity contribution in [3.8, 4) is 0 Å². The number of likely N-dealkylation sites (tertiary alicyclic amines) is 1. The summed E-state index contributed by atoms with van der Waals surface area (Å²) in [5.41, 5.74) is -1.59. The predicted octanol–water partition coefficient (Wildman–Crippen LogP) is 2.79. The number of hydrogen-bond acceptors (Lipinski definition) is 6. The minimum atomic E-state index is -4.53. The second-order valence-electron chi connectivity index (χ2n) is 8.84. The van der Waals surface area contributed by atoms with Gasteiger partial charge in [-0.25, -0.2) is 14.8 Å². The largest absolute Gasteiger partial charge is 0.444 e. The highest BCUT2D eigenvalue weighted by Gasteiger charge is 2.36. The van der Waals surface area contributed by atoms with E-state index >= 15 is 0 Å². The molecule has 2 fully saturated rings. The van der Waals surface area contributed by atoms with Crippen molar-refractivity contribution in [3.63, 3.8) is 0 Å². The zero-order valence-electron chi connectivity index (χ0n) is 18.0. The number of carbonyl (C=O) groups excluding carboxylic acids is 2. The predicted molar refractivity (Wildman–Crippen MR) is 106 cm³/mol. The van der Waals surface area contributed by atoms with E-state index in [1.807, 2.05) is 0 Å². The lowest BCUT2D eigenvalue weighted by molar-refractivity contribution is -0.141. The summed E-state index contributed by atoms with van der Waals surface area (Å²) in [5, 5.41) is 0. The van der Waals surface area contributed by atoms with Gasteiger partial charge in [0.2, 0.25) is 5.91 Å². The van der Waals surface area contributed by atoms with Gasteiger partial charge in [0.15, 0.2) is 0 Å². The highest BCUT2D eigenvalue weighted by atomic mass is 19.4. The van der Waals surface area contributed by atoms with E-state index < -0.39 is 23.6 Å². The van der Waals surface area contributed by atoms with Gasteiger partial charge >= 0.3 is 12.3 Å². The SMILES string of the molecule is CC(C)(C)OC(=O)N1CCC[C@H](C(=O)N2CCN(c3cc(C(F)(F)F)ncn3)CC2)C1. The second kappa shape index (κ2) is 8.88. The Morgan fingerprint density at radius 1 is 1.03 bits per heavy atom. The van der Waals surface area contributed by atoms with E-state index in [1.54, 1.807) is 35.5 Å². The summed E-state index contributed by atoms with van der Waals surface area (Å²) in [6.07, 6.45) is -2.63. The Morgan fingerprint density at radius 3 is 2.32 bits per heavy atom. The minimum absolute atomic E-state index is 0.0356. The molecule has 2 aliphatic heterocycles. The smallest absolute Gasteiger partial charge is 0.433 e. The number of anilines is 1. The van der Waals surface area contributed by atoms with Crippen LogP contribution in [0.2, 0.25) is 0 Å². The zero-order valence-corrected chi connectivity index (χ0v) is 18.0. The molecule has 2 aliphatic rings. The van der Waals surface area contributed by atoms with Gasteiger partial charge in [0.1, 0.15) is 23.4 Å². The van der Waals surface area contributed by atoms with E-state index in [2.05, 4.69) is 9.97 Å².